The van der Waals surface area contributed by atoms with Crippen LogP contribution in [0.1, 0.15) is 5.56 Å². The number of nitriles is 1. The summed E-state index contributed by atoms with van der Waals surface area (Å²) >= 11 is 5.81. The molecular weight excluding hydrogens is 316 g/mol. The second kappa shape index (κ2) is 5.95. The van der Waals surface area contributed by atoms with Gasteiger partial charge in [0.2, 0.25) is 5.76 Å². The van der Waals surface area contributed by atoms with Gasteiger partial charge in [0.1, 0.15) is 11.6 Å². The smallest absolute Gasteiger partial charge is 0.402 e. The number of nitrogens with zero attached hydrogens (tertiary/aromatic N) is 2. The van der Waals surface area contributed by atoms with Crippen molar-refractivity contribution in [3.8, 4) is 6.07 Å². The fourth-order valence-corrected chi connectivity index (χ4v) is 2.31. The van der Waals surface area contributed by atoms with Crippen molar-refractivity contribution in [2.75, 3.05) is 4.90 Å². The molecule has 0 N–H and O–H groups in total. The van der Waals surface area contributed by atoms with Crippen LogP contribution in [0, 0.1) is 11.3 Å². The maximum absolute atomic E-state index is 12.5. The van der Waals surface area contributed by atoms with E-state index < -0.39 is 12.0 Å². The second-order valence-electron chi connectivity index (χ2n) is 4.67. The highest BCUT2D eigenvalue weighted by atomic mass is 35.5. The first-order valence-corrected chi connectivity index (χ1v) is 7.01. The van der Waals surface area contributed by atoms with Crippen molar-refractivity contribution in [3.05, 3.63) is 70.9 Å². The summed E-state index contributed by atoms with van der Waals surface area (Å²) in [6.45, 7) is 0. The van der Waals surface area contributed by atoms with Gasteiger partial charge in [-0.05, 0) is 29.8 Å². The third-order valence-corrected chi connectivity index (χ3v) is 3.51. The molecule has 2 amide bonds. The molecule has 1 aliphatic rings. The van der Waals surface area contributed by atoms with E-state index in [1.54, 1.807) is 54.6 Å². The normalized spacial score (nSPS) is 16.1. The van der Waals surface area contributed by atoms with Crippen LogP contribution in [-0.2, 0) is 9.53 Å². The van der Waals surface area contributed by atoms with Crippen LogP contribution >= 0.6 is 11.6 Å². The minimum absolute atomic E-state index is 0.0153. The number of amides is 2. The maximum atomic E-state index is 12.5. The Bertz CT molecular complexity index is 852. The monoisotopic (exact) mass is 324 g/mol. The van der Waals surface area contributed by atoms with Crippen molar-refractivity contribution >= 4 is 34.9 Å². The molecule has 0 aromatic heterocycles. The molecule has 0 radical (unpaired) electrons. The molecule has 2 aromatic rings. The number of allylic oxidation sites excluding steroid dienone is 1. The number of carbonyl (C=O) groups excluding carboxylic acids is 2. The molecule has 0 saturated carbocycles. The van der Waals surface area contributed by atoms with E-state index in [0.717, 1.165) is 4.90 Å². The summed E-state index contributed by atoms with van der Waals surface area (Å²) in [6.07, 6.45) is -0.835. The maximum Gasteiger partial charge on any atom is 0.427 e. The molecular formula is C17H9ClN2O3. The lowest BCUT2D eigenvalue weighted by molar-refractivity contribution is -0.114. The van der Waals surface area contributed by atoms with Crippen LogP contribution in [0.3, 0.4) is 0 Å². The van der Waals surface area contributed by atoms with Gasteiger partial charge in [0, 0.05) is 5.02 Å². The fraction of sp³-hybridized carbons (Fsp3) is 0. The van der Waals surface area contributed by atoms with Gasteiger partial charge < -0.3 is 4.74 Å². The van der Waals surface area contributed by atoms with Gasteiger partial charge in [-0.1, -0.05) is 41.9 Å². The Kier molecular flexibility index (Phi) is 3.83. The Labute approximate surface area is 137 Å². The lowest BCUT2D eigenvalue weighted by Crippen LogP contribution is -2.28. The molecule has 1 heterocycles. The zero-order valence-corrected chi connectivity index (χ0v) is 12.4. The van der Waals surface area contributed by atoms with E-state index in [4.69, 9.17) is 16.3 Å². The number of carbonyl (C=O) groups is 2. The van der Waals surface area contributed by atoms with Crippen LogP contribution in [0.2, 0.25) is 5.02 Å². The van der Waals surface area contributed by atoms with Gasteiger partial charge in [-0.25, -0.2) is 9.69 Å². The number of benzene rings is 2. The number of hydrogen-bond donors (Lipinski definition) is 0. The van der Waals surface area contributed by atoms with Crippen molar-refractivity contribution in [1.29, 1.82) is 5.26 Å². The average molecular weight is 325 g/mol. The molecule has 1 fully saturated rings. The highest BCUT2D eigenvalue weighted by Crippen LogP contribution is 2.30. The number of cyclic esters (lactones) is 1. The summed E-state index contributed by atoms with van der Waals surface area (Å²) in [6, 6.07) is 16.6. The minimum atomic E-state index is -0.835. The van der Waals surface area contributed by atoms with E-state index in [-0.39, 0.29) is 11.3 Å². The van der Waals surface area contributed by atoms with Crippen molar-refractivity contribution < 1.29 is 14.3 Å². The van der Waals surface area contributed by atoms with Gasteiger partial charge in [0.05, 0.1) is 5.69 Å². The molecule has 5 nitrogen and oxygen atoms in total. The first-order chi connectivity index (χ1) is 11.1. The largest absolute Gasteiger partial charge is 0.427 e. The summed E-state index contributed by atoms with van der Waals surface area (Å²) < 4.78 is 5.04. The summed E-state index contributed by atoms with van der Waals surface area (Å²) in [5.74, 6) is -0.962. The van der Waals surface area contributed by atoms with Crippen molar-refractivity contribution in [3.63, 3.8) is 0 Å². The summed E-state index contributed by atoms with van der Waals surface area (Å²) in [5.41, 5.74) is 0.812. The molecule has 23 heavy (non-hydrogen) atoms. The van der Waals surface area contributed by atoms with E-state index in [9.17, 15) is 14.9 Å². The Balaban J connectivity index is 2.06. The van der Waals surface area contributed by atoms with Crippen LogP contribution in [-0.4, -0.2) is 12.0 Å². The highest BCUT2D eigenvalue weighted by Gasteiger charge is 2.40. The highest BCUT2D eigenvalue weighted by molar-refractivity contribution is 6.30. The number of para-hydroxylation sites is 1. The summed E-state index contributed by atoms with van der Waals surface area (Å²) in [7, 11) is 0. The molecule has 1 saturated heterocycles. The van der Waals surface area contributed by atoms with Gasteiger partial charge in [0.15, 0.2) is 0 Å². The summed E-state index contributed by atoms with van der Waals surface area (Å²) in [4.78, 5) is 25.4. The van der Waals surface area contributed by atoms with E-state index in [1.807, 2.05) is 6.07 Å². The SMILES string of the molecule is N#C/C(=C1/OC(=O)N(c2ccccc2)C1=O)c1ccc(Cl)cc1. The molecule has 0 atom stereocenters. The molecule has 112 valence electrons. The van der Waals surface area contributed by atoms with Gasteiger partial charge >= 0.3 is 12.0 Å². The Morgan fingerprint density at radius 1 is 1.04 bits per heavy atom. The molecule has 0 aliphatic carbocycles. The van der Waals surface area contributed by atoms with Crippen LogP contribution in [0.5, 0.6) is 0 Å². The number of imide groups is 1. The Morgan fingerprint density at radius 3 is 2.30 bits per heavy atom. The van der Waals surface area contributed by atoms with Crippen LogP contribution in [0.4, 0.5) is 10.5 Å². The number of halogens is 1. The number of anilines is 1. The van der Waals surface area contributed by atoms with Gasteiger partial charge in [0.25, 0.3) is 0 Å². The molecule has 0 bridgehead atoms. The number of hydrogen-bond acceptors (Lipinski definition) is 4. The third kappa shape index (κ3) is 2.68. The first kappa shape index (κ1) is 14.8. The quantitative estimate of drug-likeness (QED) is 0.623. The zero-order valence-electron chi connectivity index (χ0n) is 11.7. The fourth-order valence-electron chi connectivity index (χ4n) is 2.18. The average Bonchev–Trinajstić information content (AvgIpc) is 2.85. The molecule has 0 unspecified atom stereocenters. The predicted octanol–water partition coefficient (Wildman–Crippen LogP) is 3.76. The standard InChI is InChI=1S/C17H9ClN2O3/c18-12-8-6-11(7-9-12)14(10-19)15-16(21)20(17(22)23-15)13-4-2-1-3-5-13/h1-9H/b15-14-. The molecule has 1 aliphatic heterocycles. The minimum Gasteiger partial charge on any atom is -0.402 e. The van der Waals surface area contributed by atoms with Crippen molar-refractivity contribution in [2.24, 2.45) is 0 Å². The Morgan fingerprint density at radius 2 is 1.70 bits per heavy atom. The van der Waals surface area contributed by atoms with Gasteiger partial charge in [-0.2, -0.15) is 5.26 Å². The van der Waals surface area contributed by atoms with Crippen molar-refractivity contribution in [2.45, 2.75) is 0 Å². The topological polar surface area (TPSA) is 70.4 Å². The lowest BCUT2D eigenvalue weighted by atomic mass is 10.1. The molecule has 0 spiro atoms. The number of rotatable bonds is 2. The van der Waals surface area contributed by atoms with Gasteiger partial charge in [-0.15, -0.1) is 0 Å². The number of ether oxygens (including phenoxy) is 1. The van der Waals surface area contributed by atoms with Crippen molar-refractivity contribution in [1.82, 2.24) is 0 Å². The predicted molar refractivity (Wildman–Crippen MR) is 84.4 cm³/mol. The van der Waals surface area contributed by atoms with E-state index in [0.29, 0.717) is 16.3 Å². The first-order valence-electron chi connectivity index (χ1n) is 6.63. The molecule has 3 rings (SSSR count). The van der Waals surface area contributed by atoms with Crippen LogP contribution < -0.4 is 4.90 Å². The third-order valence-electron chi connectivity index (χ3n) is 3.26. The van der Waals surface area contributed by atoms with Gasteiger partial charge in [-0.3, -0.25) is 4.79 Å². The molecule has 6 heteroatoms. The van der Waals surface area contributed by atoms with E-state index in [1.165, 1.54) is 0 Å². The molecule has 2 aromatic carbocycles. The lowest BCUT2D eigenvalue weighted by Gasteiger charge is -2.09. The van der Waals surface area contributed by atoms with E-state index in [2.05, 4.69) is 0 Å². The zero-order chi connectivity index (χ0) is 16.4. The summed E-state index contributed by atoms with van der Waals surface area (Å²) in [5, 5.41) is 9.86. The van der Waals surface area contributed by atoms with E-state index >= 15 is 0 Å². The Hall–Kier alpha value is -3.10. The van der Waals surface area contributed by atoms with Crippen LogP contribution in [0.15, 0.2) is 60.4 Å². The van der Waals surface area contributed by atoms with Crippen LogP contribution in [0.25, 0.3) is 5.57 Å². The second-order valence-corrected chi connectivity index (χ2v) is 5.10.